The Labute approximate surface area is 149 Å². The van der Waals surface area contributed by atoms with Gasteiger partial charge in [0.25, 0.3) is 0 Å². The molecule has 5 heteroatoms. The van der Waals surface area contributed by atoms with Gasteiger partial charge in [0.1, 0.15) is 0 Å². The van der Waals surface area contributed by atoms with Gasteiger partial charge in [-0.1, -0.05) is 30.3 Å². The number of aryl methyl sites for hydroxylation is 2. The van der Waals surface area contributed by atoms with Crippen LogP contribution in [0.5, 0.6) is 0 Å². The molecule has 0 unspecified atom stereocenters. The Bertz CT molecular complexity index is 771. The van der Waals surface area contributed by atoms with Crippen molar-refractivity contribution in [3.05, 3.63) is 59.2 Å². The third-order valence-corrected chi connectivity index (χ3v) is 4.12. The van der Waals surface area contributed by atoms with Gasteiger partial charge in [-0.15, -0.1) is 0 Å². The van der Waals surface area contributed by atoms with E-state index in [1.807, 2.05) is 63.2 Å². The SMILES string of the molecule is Cc1ccccc1NC(=O)CN(C)CC(=O)Nc1cccc(C)c1C. The Kier molecular flexibility index (Phi) is 6.31. The summed E-state index contributed by atoms with van der Waals surface area (Å²) in [5.74, 6) is -0.281. The van der Waals surface area contributed by atoms with Crippen molar-refractivity contribution in [2.45, 2.75) is 20.8 Å². The molecule has 2 N–H and O–H groups in total. The molecule has 0 heterocycles. The average Bonchev–Trinajstić information content (AvgIpc) is 2.53. The summed E-state index contributed by atoms with van der Waals surface area (Å²) >= 11 is 0. The molecule has 0 aliphatic carbocycles. The van der Waals surface area contributed by atoms with Gasteiger partial charge in [0, 0.05) is 11.4 Å². The number of hydrogen-bond donors (Lipinski definition) is 2. The molecule has 0 bridgehead atoms. The van der Waals surface area contributed by atoms with Gasteiger partial charge < -0.3 is 10.6 Å². The molecule has 0 saturated carbocycles. The van der Waals surface area contributed by atoms with Crippen LogP contribution in [0.4, 0.5) is 11.4 Å². The highest BCUT2D eigenvalue weighted by Gasteiger charge is 2.12. The highest BCUT2D eigenvalue weighted by Crippen LogP contribution is 2.17. The van der Waals surface area contributed by atoms with Crippen molar-refractivity contribution in [2.75, 3.05) is 30.8 Å². The van der Waals surface area contributed by atoms with Crippen LogP contribution in [0.25, 0.3) is 0 Å². The summed E-state index contributed by atoms with van der Waals surface area (Å²) in [5, 5.41) is 5.77. The number of para-hydroxylation sites is 1. The smallest absolute Gasteiger partial charge is 0.238 e. The highest BCUT2D eigenvalue weighted by atomic mass is 16.2. The molecule has 25 heavy (non-hydrogen) atoms. The third-order valence-electron chi connectivity index (χ3n) is 4.12. The molecule has 0 spiro atoms. The average molecular weight is 339 g/mol. The van der Waals surface area contributed by atoms with E-state index >= 15 is 0 Å². The first-order chi connectivity index (χ1) is 11.9. The second kappa shape index (κ2) is 8.44. The number of anilines is 2. The molecule has 2 amide bonds. The summed E-state index contributed by atoms with van der Waals surface area (Å²) in [6.45, 7) is 6.22. The Morgan fingerprint density at radius 1 is 0.800 bits per heavy atom. The van der Waals surface area contributed by atoms with Crippen molar-refractivity contribution in [2.24, 2.45) is 0 Å². The quantitative estimate of drug-likeness (QED) is 0.850. The fraction of sp³-hybridized carbons (Fsp3) is 0.300. The molecule has 5 nitrogen and oxygen atoms in total. The minimum absolute atomic E-state index is 0.139. The Morgan fingerprint density at radius 2 is 1.32 bits per heavy atom. The molecule has 0 atom stereocenters. The number of amides is 2. The largest absolute Gasteiger partial charge is 0.325 e. The zero-order valence-corrected chi connectivity index (χ0v) is 15.2. The highest BCUT2D eigenvalue weighted by molar-refractivity contribution is 5.95. The first-order valence-electron chi connectivity index (χ1n) is 8.27. The number of carbonyl (C=O) groups excluding carboxylic acids is 2. The normalized spacial score (nSPS) is 10.6. The van der Waals surface area contributed by atoms with Gasteiger partial charge in [0.05, 0.1) is 13.1 Å². The first-order valence-corrected chi connectivity index (χ1v) is 8.27. The third kappa shape index (κ3) is 5.43. The number of benzene rings is 2. The maximum absolute atomic E-state index is 12.2. The number of carbonyl (C=O) groups is 2. The van der Waals surface area contributed by atoms with E-state index in [1.54, 1.807) is 11.9 Å². The van der Waals surface area contributed by atoms with E-state index in [-0.39, 0.29) is 24.9 Å². The molecule has 2 rings (SSSR count). The minimum atomic E-state index is -0.142. The van der Waals surface area contributed by atoms with Crippen molar-refractivity contribution in [3.63, 3.8) is 0 Å². The maximum Gasteiger partial charge on any atom is 0.238 e. The molecule has 2 aromatic carbocycles. The van der Waals surface area contributed by atoms with Crippen molar-refractivity contribution in [1.29, 1.82) is 0 Å². The van der Waals surface area contributed by atoms with E-state index < -0.39 is 0 Å². The van der Waals surface area contributed by atoms with E-state index in [0.29, 0.717) is 0 Å². The number of nitrogens with one attached hydrogen (secondary N) is 2. The fourth-order valence-electron chi connectivity index (χ4n) is 2.53. The summed E-state index contributed by atoms with van der Waals surface area (Å²) in [5.41, 5.74) is 4.79. The van der Waals surface area contributed by atoms with Gasteiger partial charge in [0.15, 0.2) is 0 Å². The second-order valence-electron chi connectivity index (χ2n) is 6.33. The lowest BCUT2D eigenvalue weighted by Gasteiger charge is -2.17. The Hall–Kier alpha value is -2.66. The van der Waals surface area contributed by atoms with Gasteiger partial charge in [-0.05, 0) is 56.6 Å². The van der Waals surface area contributed by atoms with Crippen molar-refractivity contribution >= 4 is 23.2 Å². The monoisotopic (exact) mass is 339 g/mol. The lowest BCUT2D eigenvalue weighted by atomic mass is 10.1. The number of likely N-dealkylation sites (N-methyl/N-ethyl adjacent to an activating group) is 1. The van der Waals surface area contributed by atoms with Crippen LogP contribution >= 0.6 is 0 Å². The summed E-state index contributed by atoms with van der Waals surface area (Å²) in [6.07, 6.45) is 0. The van der Waals surface area contributed by atoms with Crippen LogP contribution in [0, 0.1) is 20.8 Å². The second-order valence-corrected chi connectivity index (χ2v) is 6.33. The lowest BCUT2D eigenvalue weighted by Crippen LogP contribution is -2.36. The summed E-state index contributed by atoms with van der Waals surface area (Å²) in [7, 11) is 1.75. The van der Waals surface area contributed by atoms with Crippen LogP contribution < -0.4 is 10.6 Å². The number of rotatable bonds is 6. The molecule has 2 aromatic rings. The van der Waals surface area contributed by atoms with Gasteiger partial charge in [0.2, 0.25) is 11.8 Å². The van der Waals surface area contributed by atoms with E-state index in [4.69, 9.17) is 0 Å². The van der Waals surface area contributed by atoms with Crippen LogP contribution in [-0.2, 0) is 9.59 Å². The van der Waals surface area contributed by atoms with Gasteiger partial charge in [-0.2, -0.15) is 0 Å². The summed E-state index contributed by atoms with van der Waals surface area (Å²) in [4.78, 5) is 26.0. The van der Waals surface area contributed by atoms with Gasteiger partial charge in [-0.25, -0.2) is 0 Å². The molecular formula is C20H25N3O2. The molecular weight excluding hydrogens is 314 g/mol. The van der Waals surface area contributed by atoms with Crippen LogP contribution in [0.15, 0.2) is 42.5 Å². The van der Waals surface area contributed by atoms with E-state index in [0.717, 1.165) is 28.1 Å². The zero-order valence-electron chi connectivity index (χ0n) is 15.2. The van der Waals surface area contributed by atoms with Crippen LogP contribution in [0.3, 0.4) is 0 Å². The Balaban J connectivity index is 1.86. The minimum Gasteiger partial charge on any atom is -0.325 e. The van der Waals surface area contributed by atoms with Gasteiger partial charge in [-0.3, -0.25) is 14.5 Å². The standard InChI is InChI=1S/C20H25N3O2/c1-14-9-7-11-18(16(14)3)22-20(25)13-23(4)12-19(24)21-17-10-6-5-8-15(17)2/h5-11H,12-13H2,1-4H3,(H,21,24)(H,22,25). The lowest BCUT2D eigenvalue weighted by molar-refractivity contribution is -0.119. The van der Waals surface area contributed by atoms with E-state index in [1.165, 1.54) is 0 Å². The molecule has 0 fully saturated rings. The molecule has 0 saturated heterocycles. The zero-order chi connectivity index (χ0) is 18.4. The molecule has 0 aliphatic heterocycles. The van der Waals surface area contributed by atoms with Crippen molar-refractivity contribution in [3.8, 4) is 0 Å². The Morgan fingerprint density at radius 3 is 1.96 bits per heavy atom. The van der Waals surface area contributed by atoms with E-state index in [2.05, 4.69) is 10.6 Å². The van der Waals surface area contributed by atoms with Crippen LogP contribution in [0.1, 0.15) is 16.7 Å². The topological polar surface area (TPSA) is 61.4 Å². The maximum atomic E-state index is 12.2. The van der Waals surface area contributed by atoms with Gasteiger partial charge >= 0.3 is 0 Å². The van der Waals surface area contributed by atoms with Crippen LogP contribution in [-0.4, -0.2) is 36.9 Å². The molecule has 0 radical (unpaired) electrons. The predicted octanol–water partition coefficient (Wildman–Crippen LogP) is 3.12. The number of hydrogen-bond acceptors (Lipinski definition) is 3. The fourth-order valence-corrected chi connectivity index (χ4v) is 2.53. The summed E-state index contributed by atoms with van der Waals surface area (Å²) < 4.78 is 0. The molecule has 132 valence electrons. The van der Waals surface area contributed by atoms with E-state index in [9.17, 15) is 9.59 Å². The van der Waals surface area contributed by atoms with Crippen LogP contribution in [0.2, 0.25) is 0 Å². The molecule has 0 aromatic heterocycles. The number of nitrogens with zero attached hydrogens (tertiary/aromatic N) is 1. The predicted molar refractivity (Wildman–Crippen MR) is 102 cm³/mol. The van der Waals surface area contributed by atoms with Crippen molar-refractivity contribution < 1.29 is 9.59 Å². The first kappa shape index (κ1) is 18.7. The summed E-state index contributed by atoms with van der Waals surface area (Å²) in [6, 6.07) is 13.4. The molecule has 0 aliphatic rings. The van der Waals surface area contributed by atoms with Crippen molar-refractivity contribution in [1.82, 2.24) is 4.90 Å².